The highest BCUT2D eigenvalue weighted by molar-refractivity contribution is 5.82. The molecule has 0 unspecified atom stereocenters. The second-order valence-electron chi connectivity index (χ2n) is 13.9. The lowest BCUT2D eigenvalue weighted by molar-refractivity contribution is 0.304. The van der Waals surface area contributed by atoms with Gasteiger partial charge in [0.2, 0.25) is 0 Å². The lowest BCUT2D eigenvalue weighted by atomic mass is 10.1. The molecule has 0 aliphatic heterocycles. The zero-order valence-corrected chi connectivity index (χ0v) is 30.8. The van der Waals surface area contributed by atoms with Crippen molar-refractivity contribution in [1.29, 1.82) is 0 Å². The maximum atomic E-state index is 6.52. The van der Waals surface area contributed by atoms with Crippen molar-refractivity contribution in [2.45, 2.75) is 149 Å². The number of rotatable bonds is 24. The van der Waals surface area contributed by atoms with Crippen LogP contribution in [-0.4, -0.2) is 30.7 Å². The van der Waals surface area contributed by atoms with E-state index in [1.165, 1.54) is 107 Å². The number of fused-ring (bicyclic) bond motifs is 2. The van der Waals surface area contributed by atoms with Crippen molar-refractivity contribution in [3.05, 3.63) is 60.7 Å². The fraction of sp³-hybridized carbons (Fsp3) is 0.558. The van der Waals surface area contributed by atoms with E-state index in [1.54, 1.807) is 0 Å². The predicted molar refractivity (Wildman–Crippen MR) is 207 cm³/mol. The Morgan fingerprint density at radius 3 is 1.35 bits per heavy atom. The summed E-state index contributed by atoms with van der Waals surface area (Å²) in [4.78, 5) is 15.7. The Labute approximate surface area is 295 Å². The van der Waals surface area contributed by atoms with Crippen LogP contribution in [0.5, 0.6) is 5.75 Å². The van der Waals surface area contributed by atoms with Crippen LogP contribution >= 0.6 is 0 Å². The van der Waals surface area contributed by atoms with Gasteiger partial charge < -0.3 is 13.9 Å². The van der Waals surface area contributed by atoms with E-state index in [1.807, 2.05) is 0 Å². The monoisotopic (exact) mass is 663 g/mol. The summed E-state index contributed by atoms with van der Waals surface area (Å²) in [5, 5.41) is 0. The van der Waals surface area contributed by atoms with Crippen molar-refractivity contribution < 1.29 is 4.74 Å². The molecule has 3 aromatic heterocycles. The highest BCUT2D eigenvalue weighted by Crippen LogP contribution is 2.32. The molecular formula is C43H61N5O. The molecule has 3 heterocycles. The van der Waals surface area contributed by atoms with Crippen LogP contribution in [0.15, 0.2) is 60.7 Å². The van der Waals surface area contributed by atoms with E-state index in [9.17, 15) is 0 Å². The molecule has 264 valence electrons. The summed E-state index contributed by atoms with van der Waals surface area (Å²) < 4.78 is 11.3. The summed E-state index contributed by atoms with van der Waals surface area (Å²) >= 11 is 0. The molecule has 0 N–H and O–H groups in total. The highest BCUT2D eigenvalue weighted by Gasteiger charge is 2.20. The van der Waals surface area contributed by atoms with Gasteiger partial charge >= 0.3 is 0 Å². The Morgan fingerprint density at radius 1 is 0.469 bits per heavy atom. The molecular weight excluding hydrogens is 603 g/mol. The van der Waals surface area contributed by atoms with Crippen molar-refractivity contribution >= 4 is 22.1 Å². The molecule has 0 aliphatic carbocycles. The molecule has 5 aromatic rings. The molecule has 5 rings (SSSR count). The third kappa shape index (κ3) is 10.4. The van der Waals surface area contributed by atoms with Gasteiger partial charge in [-0.2, -0.15) is 0 Å². The van der Waals surface area contributed by atoms with Crippen LogP contribution in [0.3, 0.4) is 0 Å². The van der Waals surface area contributed by atoms with E-state index in [2.05, 4.69) is 90.6 Å². The molecule has 0 bridgehead atoms. The molecule has 0 amide bonds. The number of imidazole rings is 2. The van der Waals surface area contributed by atoms with E-state index < -0.39 is 0 Å². The Kier molecular flexibility index (Phi) is 15.0. The first-order valence-corrected chi connectivity index (χ1v) is 19.8. The van der Waals surface area contributed by atoms with Crippen LogP contribution in [0.4, 0.5) is 0 Å². The topological polar surface area (TPSA) is 57.8 Å². The number of hydrogen-bond donors (Lipinski definition) is 0. The molecule has 0 atom stereocenters. The summed E-state index contributed by atoms with van der Waals surface area (Å²) in [6.07, 6.45) is 22.5. The number of para-hydroxylation sites is 4. The molecule has 49 heavy (non-hydrogen) atoms. The third-order valence-corrected chi connectivity index (χ3v) is 9.80. The fourth-order valence-corrected chi connectivity index (χ4v) is 6.99. The first kappa shape index (κ1) is 36.6. The zero-order valence-electron chi connectivity index (χ0n) is 30.8. The number of hydrogen-bond acceptors (Lipinski definition) is 4. The van der Waals surface area contributed by atoms with Crippen LogP contribution in [0.2, 0.25) is 0 Å². The van der Waals surface area contributed by atoms with Crippen molar-refractivity contribution in [1.82, 2.24) is 24.1 Å². The minimum absolute atomic E-state index is 0.706. The van der Waals surface area contributed by atoms with E-state index in [-0.39, 0.29) is 0 Å². The largest absolute Gasteiger partial charge is 0.493 e. The van der Waals surface area contributed by atoms with Gasteiger partial charge in [-0.1, -0.05) is 141 Å². The van der Waals surface area contributed by atoms with E-state index in [4.69, 9.17) is 19.7 Å². The molecule has 0 radical (unpaired) electrons. The number of aromatic nitrogens is 5. The molecule has 6 nitrogen and oxygen atoms in total. The van der Waals surface area contributed by atoms with Crippen LogP contribution in [0, 0.1) is 0 Å². The van der Waals surface area contributed by atoms with Gasteiger partial charge in [0.25, 0.3) is 0 Å². The summed E-state index contributed by atoms with van der Waals surface area (Å²) in [5.74, 6) is 2.68. The Balaban J connectivity index is 1.48. The molecule has 6 heteroatoms. The number of aryl methyl sites for hydroxylation is 2. The normalized spacial score (nSPS) is 11.7. The van der Waals surface area contributed by atoms with Crippen LogP contribution in [-0.2, 0) is 13.1 Å². The second kappa shape index (κ2) is 20.1. The second-order valence-corrected chi connectivity index (χ2v) is 13.9. The van der Waals surface area contributed by atoms with Gasteiger partial charge in [0.05, 0.1) is 28.7 Å². The average Bonchev–Trinajstić information content (AvgIpc) is 3.69. The summed E-state index contributed by atoms with van der Waals surface area (Å²) in [6.45, 7) is 9.39. The molecule has 0 fully saturated rings. The summed E-state index contributed by atoms with van der Waals surface area (Å²) in [7, 11) is 0. The SMILES string of the molecule is CCCCCCCCOc1cc(-c2nc3ccccc3n2CCCCCCCC)nc(-c2nc3ccccc3n2CCCCCCCC)c1. The fourth-order valence-electron chi connectivity index (χ4n) is 6.99. The van der Waals surface area contributed by atoms with Gasteiger partial charge in [-0.05, 0) is 43.5 Å². The number of nitrogens with zero attached hydrogens (tertiary/aromatic N) is 5. The minimum Gasteiger partial charge on any atom is -0.493 e. The smallest absolute Gasteiger partial charge is 0.159 e. The molecule has 0 saturated carbocycles. The van der Waals surface area contributed by atoms with Gasteiger partial charge in [-0.15, -0.1) is 0 Å². The lowest BCUT2D eigenvalue weighted by Gasteiger charge is -2.14. The minimum atomic E-state index is 0.706. The van der Waals surface area contributed by atoms with Gasteiger partial charge in [0.1, 0.15) is 17.1 Å². The Morgan fingerprint density at radius 2 is 0.878 bits per heavy atom. The maximum absolute atomic E-state index is 6.52. The summed E-state index contributed by atoms with van der Waals surface area (Å²) in [5.41, 5.74) is 6.08. The van der Waals surface area contributed by atoms with Gasteiger partial charge in [-0.25, -0.2) is 15.0 Å². The Bertz CT molecular complexity index is 1570. The van der Waals surface area contributed by atoms with Gasteiger partial charge in [-0.3, -0.25) is 0 Å². The van der Waals surface area contributed by atoms with E-state index in [0.29, 0.717) is 6.61 Å². The van der Waals surface area contributed by atoms with Crippen LogP contribution in [0.25, 0.3) is 45.1 Å². The van der Waals surface area contributed by atoms with Crippen molar-refractivity contribution in [3.63, 3.8) is 0 Å². The average molecular weight is 664 g/mol. The number of unbranched alkanes of at least 4 members (excludes halogenated alkanes) is 15. The highest BCUT2D eigenvalue weighted by atomic mass is 16.5. The van der Waals surface area contributed by atoms with Gasteiger partial charge in [0.15, 0.2) is 11.6 Å². The van der Waals surface area contributed by atoms with E-state index in [0.717, 1.165) is 72.2 Å². The Hall–Kier alpha value is -3.67. The van der Waals surface area contributed by atoms with Crippen LogP contribution < -0.4 is 4.74 Å². The van der Waals surface area contributed by atoms with E-state index >= 15 is 0 Å². The van der Waals surface area contributed by atoms with Gasteiger partial charge in [0, 0.05) is 25.2 Å². The first-order valence-electron chi connectivity index (χ1n) is 19.8. The van der Waals surface area contributed by atoms with Crippen LogP contribution in [0.1, 0.15) is 136 Å². The lowest BCUT2D eigenvalue weighted by Crippen LogP contribution is -2.06. The zero-order chi connectivity index (χ0) is 34.1. The quantitative estimate of drug-likeness (QED) is 0.0616. The molecule has 0 saturated heterocycles. The predicted octanol–water partition coefficient (Wildman–Crippen LogP) is 12.6. The molecule has 0 spiro atoms. The first-order chi connectivity index (χ1) is 24.2. The van der Waals surface area contributed by atoms with Crippen molar-refractivity contribution in [2.75, 3.05) is 6.61 Å². The molecule has 0 aliphatic rings. The van der Waals surface area contributed by atoms with Crippen molar-refractivity contribution in [3.8, 4) is 28.8 Å². The molecule has 2 aromatic carbocycles. The van der Waals surface area contributed by atoms with Crippen molar-refractivity contribution in [2.24, 2.45) is 0 Å². The number of pyridine rings is 1. The maximum Gasteiger partial charge on any atom is 0.159 e. The number of benzene rings is 2. The summed E-state index contributed by atoms with van der Waals surface area (Å²) in [6, 6.07) is 21.3. The third-order valence-electron chi connectivity index (χ3n) is 9.80. The standard InChI is InChI=1S/C43H61N5O/c1-4-7-10-13-16-23-30-47-40-28-21-19-26-36(40)45-42(47)38-33-35(49-32-25-18-15-12-9-6-3)34-39(44-38)43-46-37-27-20-22-29-41(37)48(43)31-24-17-14-11-8-5-2/h19-22,26-29,33-34H,4-18,23-25,30-32H2,1-3H3. The number of ether oxygens (including phenoxy) is 1.